The average molecular weight is 396 g/mol. The third-order valence-electron chi connectivity index (χ3n) is 2.50. The minimum atomic E-state index is 0.668. The maximum Gasteiger partial charge on any atom is 0.0700 e. The number of nitrogens with zero attached hydrogens (tertiary/aromatic N) is 1. The molecular weight excluding hydrogens is 376 g/mol. The maximum absolute atomic E-state index is 5.39. The first-order chi connectivity index (χ1) is 9.24. The van der Waals surface area contributed by atoms with E-state index in [1.807, 2.05) is 12.3 Å². The molecule has 1 rings (SSSR count). The van der Waals surface area contributed by atoms with Gasteiger partial charge in [-0.15, -0.1) is 0 Å². The predicted molar refractivity (Wildman–Crippen MR) is 83.3 cm³/mol. The molecule has 6 heteroatoms. The Morgan fingerprint density at radius 3 is 2.79 bits per heavy atom. The van der Waals surface area contributed by atoms with E-state index in [-0.39, 0.29) is 0 Å². The topological polar surface area (TPSA) is 43.4 Å². The van der Waals surface area contributed by atoms with Crippen molar-refractivity contribution in [1.29, 1.82) is 0 Å². The summed E-state index contributed by atoms with van der Waals surface area (Å²) in [5, 5.41) is 3.38. The Morgan fingerprint density at radius 1 is 1.21 bits per heavy atom. The van der Waals surface area contributed by atoms with Crippen molar-refractivity contribution in [1.82, 2.24) is 10.3 Å². The van der Waals surface area contributed by atoms with Crippen LogP contribution in [0.25, 0.3) is 0 Å². The summed E-state index contributed by atoms with van der Waals surface area (Å²) in [6.07, 6.45) is 3.97. The number of methoxy groups -OCH3 is 1. The molecule has 0 aliphatic rings. The van der Waals surface area contributed by atoms with E-state index >= 15 is 0 Å². The van der Waals surface area contributed by atoms with Crippen LogP contribution < -0.4 is 5.32 Å². The van der Waals surface area contributed by atoms with Gasteiger partial charge < -0.3 is 14.8 Å². The van der Waals surface area contributed by atoms with Crippen LogP contribution in [0.3, 0.4) is 0 Å². The molecule has 0 spiro atoms. The number of halogens is 2. The lowest BCUT2D eigenvalue weighted by molar-refractivity contribution is 0.0688. The van der Waals surface area contributed by atoms with Gasteiger partial charge >= 0.3 is 0 Å². The SMILES string of the molecule is COCCOCCCCNCc1ncc(Br)cc1Br. The van der Waals surface area contributed by atoms with Crippen molar-refractivity contribution in [3.05, 3.63) is 26.9 Å². The smallest absolute Gasteiger partial charge is 0.0700 e. The summed E-state index contributed by atoms with van der Waals surface area (Å²) in [6, 6.07) is 2.01. The van der Waals surface area contributed by atoms with Crippen LogP contribution in [0.1, 0.15) is 18.5 Å². The number of hydrogen-bond donors (Lipinski definition) is 1. The first-order valence-corrected chi connectivity index (χ1v) is 7.90. The fourth-order valence-electron chi connectivity index (χ4n) is 1.48. The van der Waals surface area contributed by atoms with E-state index in [9.17, 15) is 0 Å². The fourth-order valence-corrected chi connectivity index (χ4v) is 2.61. The first-order valence-electron chi connectivity index (χ1n) is 6.31. The van der Waals surface area contributed by atoms with Gasteiger partial charge in [-0.05, 0) is 57.3 Å². The van der Waals surface area contributed by atoms with E-state index in [2.05, 4.69) is 42.2 Å². The summed E-state index contributed by atoms with van der Waals surface area (Å²) >= 11 is 6.89. The number of ether oxygens (including phenoxy) is 2. The summed E-state index contributed by atoms with van der Waals surface area (Å²) in [5.41, 5.74) is 1.03. The lowest BCUT2D eigenvalue weighted by Crippen LogP contribution is -2.16. The minimum Gasteiger partial charge on any atom is -0.382 e. The van der Waals surface area contributed by atoms with Crippen LogP contribution in [0.5, 0.6) is 0 Å². The zero-order chi connectivity index (χ0) is 13.9. The third kappa shape index (κ3) is 7.99. The molecule has 0 atom stereocenters. The van der Waals surface area contributed by atoms with Crippen LogP contribution in [0, 0.1) is 0 Å². The van der Waals surface area contributed by atoms with Crippen LogP contribution in [-0.4, -0.2) is 38.5 Å². The Labute approximate surface area is 131 Å². The average Bonchev–Trinajstić information content (AvgIpc) is 2.39. The van der Waals surface area contributed by atoms with Gasteiger partial charge in [-0.25, -0.2) is 0 Å². The molecule has 0 radical (unpaired) electrons. The van der Waals surface area contributed by atoms with Gasteiger partial charge in [0, 0.05) is 35.4 Å². The van der Waals surface area contributed by atoms with Crippen LogP contribution in [0.15, 0.2) is 21.2 Å². The number of unbranched alkanes of at least 4 members (excludes halogenated alkanes) is 1. The largest absolute Gasteiger partial charge is 0.382 e. The molecule has 0 amide bonds. The van der Waals surface area contributed by atoms with Gasteiger partial charge in [0.2, 0.25) is 0 Å². The van der Waals surface area contributed by atoms with Crippen molar-refractivity contribution < 1.29 is 9.47 Å². The van der Waals surface area contributed by atoms with Crippen LogP contribution in [-0.2, 0) is 16.0 Å². The summed E-state index contributed by atoms with van der Waals surface area (Å²) in [5.74, 6) is 0. The van der Waals surface area contributed by atoms with Gasteiger partial charge in [0.05, 0.1) is 18.9 Å². The monoisotopic (exact) mass is 394 g/mol. The Balaban J connectivity index is 2.01. The van der Waals surface area contributed by atoms with Gasteiger partial charge in [-0.1, -0.05) is 0 Å². The Kier molecular flexibility index (Phi) is 9.63. The van der Waals surface area contributed by atoms with Gasteiger partial charge in [0.15, 0.2) is 0 Å². The number of hydrogen-bond acceptors (Lipinski definition) is 4. The molecule has 1 heterocycles. The number of pyridine rings is 1. The minimum absolute atomic E-state index is 0.668. The standard InChI is InChI=1S/C13H20Br2N2O2/c1-18-6-7-19-5-3-2-4-16-10-13-12(15)8-11(14)9-17-13/h8-9,16H,2-7,10H2,1H3. The Hall–Kier alpha value is -0.0100. The molecule has 0 fully saturated rings. The first kappa shape index (κ1) is 17.0. The van der Waals surface area contributed by atoms with E-state index in [1.54, 1.807) is 7.11 Å². The van der Waals surface area contributed by atoms with Crippen molar-refractivity contribution in [3.63, 3.8) is 0 Å². The van der Waals surface area contributed by atoms with Crippen molar-refractivity contribution in [2.75, 3.05) is 33.5 Å². The molecule has 1 aromatic rings. The van der Waals surface area contributed by atoms with E-state index in [1.165, 1.54) is 0 Å². The highest BCUT2D eigenvalue weighted by Crippen LogP contribution is 2.19. The van der Waals surface area contributed by atoms with Gasteiger partial charge in [-0.2, -0.15) is 0 Å². The summed E-state index contributed by atoms with van der Waals surface area (Å²) in [7, 11) is 1.68. The van der Waals surface area contributed by atoms with Crippen molar-refractivity contribution >= 4 is 31.9 Å². The predicted octanol–water partition coefficient (Wildman–Crippen LogP) is 3.14. The van der Waals surface area contributed by atoms with E-state index in [4.69, 9.17) is 9.47 Å². The molecule has 108 valence electrons. The van der Waals surface area contributed by atoms with Crippen molar-refractivity contribution in [3.8, 4) is 0 Å². The second-order valence-electron chi connectivity index (χ2n) is 4.07. The van der Waals surface area contributed by atoms with Crippen molar-refractivity contribution in [2.45, 2.75) is 19.4 Å². The highest BCUT2D eigenvalue weighted by atomic mass is 79.9. The third-order valence-corrected chi connectivity index (χ3v) is 3.62. The molecule has 0 saturated carbocycles. The normalized spacial score (nSPS) is 10.9. The zero-order valence-electron chi connectivity index (χ0n) is 11.1. The summed E-state index contributed by atoms with van der Waals surface area (Å²) < 4.78 is 12.3. The molecule has 1 N–H and O–H groups in total. The van der Waals surface area contributed by atoms with E-state index in [0.29, 0.717) is 13.2 Å². The van der Waals surface area contributed by atoms with E-state index < -0.39 is 0 Å². The zero-order valence-corrected chi connectivity index (χ0v) is 14.3. The molecule has 0 saturated heterocycles. The number of nitrogens with one attached hydrogen (secondary N) is 1. The fraction of sp³-hybridized carbons (Fsp3) is 0.615. The van der Waals surface area contributed by atoms with Gasteiger partial charge in [0.25, 0.3) is 0 Å². The second-order valence-corrected chi connectivity index (χ2v) is 5.84. The molecule has 0 aliphatic heterocycles. The van der Waals surface area contributed by atoms with Crippen LogP contribution in [0.2, 0.25) is 0 Å². The molecular formula is C13H20Br2N2O2. The maximum atomic E-state index is 5.39. The molecule has 0 unspecified atom stereocenters. The molecule has 0 aromatic carbocycles. The van der Waals surface area contributed by atoms with Gasteiger partial charge in [0.1, 0.15) is 0 Å². The molecule has 4 nitrogen and oxygen atoms in total. The molecule has 0 bridgehead atoms. The Bertz CT molecular complexity index is 364. The lowest BCUT2D eigenvalue weighted by Gasteiger charge is -2.07. The van der Waals surface area contributed by atoms with Gasteiger partial charge in [-0.3, -0.25) is 4.98 Å². The molecule has 19 heavy (non-hydrogen) atoms. The highest BCUT2D eigenvalue weighted by Gasteiger charge is 2.01. The van der Waals surface area contributed by atoms with Crippen molar-refractivity contribution in [2.24, 2.45) is 0 Å². The molecule has 1 aromatic heterocycles. The Morgan fingerprint density at radius 2 is 2.05 bits per heavy atom. The highest BCUT2D eigenvalue weighted by molar-refractivity contribution is 9.11. The second kappa shape index (κ2) is 10.7. The van der Waals surface area contributed by atoms with Crippen LogP contribution in [0.4, 0.5) is 0 Å². The number of aromatic nitrogens is 1. The summed E-state index contributed by atoms with van der Waals surface area (Å²) in [4.78, 5) is 4.35. The van der Waals surface area contributed by atoms with E-state index in [0.717, 1.165) is 47.2 Å². The van der Waals surface area contributed by atoms with Crippen LogP contribution >= 0.6 is 31.9 Å². The summed E-state index contributed by atoms with van der Waals surface area (Å²) in [6.45, 7) is 3.89. The quantitative estimate of drug-likeness (QED) is 0.618. The lowest BCUT2D eigenvalue weighted by atomic mass is 10.3. The number of rotatable bonds is 10. The molecule has 0 aliphatic carbocycles.